The number of hydrogen-bond acceptors (Lipinski definition) is 4. The zero-order valence-electron chi connectivity index (χ0n) is 9.04. The Hall–Kier alpha value is -1.88. The lowest BCUT2D eigenvalue weighted by molar-refractivity contribution is -0.120. The Bertz CT molecular complexity index is 522. The Morgan fingerprint density at radius 3 is 2.41 bits per heavy atom. The maximum atomic E-state index is 12.0. The molecular weight excluding hydrogens is 238 g/mol. The van der Waals surface area contributed by atoms with Gasteiger partial charge in [-0.05, 0) is 30.8 Å². The summed E-state index contributed by atoms with van der Waals surface area (Å²) in [6.07, 6.45) is 1.53. The van der Waals surface area contributed by atoms with Crippen LogP contribution in [0, 0.1) is 0 Å². The number of rotatable bonds is 1. The van der Waals surface area contributed by atoms with Gasteiger partial charge in [-0.25, -0.2) is 4.90 Å². The number of nitrogens with zero attached hydrogens (tertiary/aromatic N) is 1. The zero-order valence-corrected chi connectivity index (χ0v) is 9.86. The quantitative estimate of drug-likeness (QED) is 0.565. The summed E-state index contributed by atoms with van der Waals surface area (Å²) in [4.78, 5) is 36.3. The van der Waals surface area contributed by atoms with Gasteiger partial charge in [-0.3, -0.25) is 14.4 Å². The second kappa shape index (κ2) is 4.55. The van der Waals surface area contributed by atoms with E-state index in [4.69, 9.17) is 0 Å². The predicted molar refractivity (Wildman–Crippen MR) is 64.4 cm³/mol. The molecule has 1 aromatic carbocycles. The third-order valence-electron chi connectivity index (χ3n) is 2.28. The molecule has 1 aliphatic heterocycles. The molecule has 0 saturated carbocycles. The molecule has 4 nitrogen and oxygen atoms in total. The number of carbonyl (C=O) groups is 3. The lowest BCUT2D eigenvalue weighted by Crippen LogP contribution is -2.34. The van der Waals surface area contributed by atoms with E-state index >= 15 is 0 Å². The molecule has 0 aromatic heterocycles. The monoisotopic (exact) mass is 247 g/mol. The molecule has 1 fully saturated rings. The number of thioether (sulfide) groups is 1. The Morgan fingerprint density at radius 2 is 1.88 bits per heavy atom. The molecule has 2 rings (SSSR count). The Labute approximate surface area is 102 Å². The van der Waals surface area contributed by atoms with E-state index in [9.17, 15) is 14.4 Å². The molecule has 1 heterocycles. The average molecular weight is 247 g/mol. The van der Waals surface area contributed by atoms with Gasteiger partial charge in [0.15, 0.2) is 0 Å². The van der Waals surface area contributed by atoms with Crippen LogP contribution < -0.4 is 0 Å². The van der Waals surface area contributed by atoms with Crippen LogP contribution in [-0.2, 0) is 4.79 Å². The Morgan fingerprint density at radius 1 is 1.24 bits per heavy atom. The van der Waals surface area contributed by atoms with Crippen molar-refractivity contribution in [3.63, 3.8) is 0 Å². The lowest BCUT2D eigenvalue weighted by Gasteiger charge is -2.09. The van der Waals surface area contributed by atoms with E-state index in [1.807, 2.05) is 0 Å². The molecule has 86 valence electrons. The summed E-state index contributed by atoms with van der Waals surface area (Å²) >= 11 is 0.782. The Balaban J connectivity index is 2.33. The van der Waals surface area contributed by atoms with E-state index in [1.54, 1.807) is 37.3 Å². The van der Waals surface area contributed by atoms with Gasteiger partial charge in [-0.1, -0.05) is 24.3 Å². The highest BCUT2D eigenvalue weighted by molar-refractivity contribution is 8.18. The SMILES string of the molecule is CC=C1SC(=O)N(C(=O)c2ccccc2)C1=O. The molecule has 0 radical (unpaired) electrons. The Kier molecular flexibility index (Phi) is 3.10. The van der Waals surface area contributed by atoms with Crippen LogP contribution >= 0.6 is 11.8 Å². The molecule has 0 atom stereocenters. The fourth-order valence-corrected chi connectivity index (χ4v) is 2.19. The van der Waals surface area contributed by atoms with Crippen LogP contribution in [0.3, 0.4) is 0 Å². The van der Waals surface area contributed by atoms with E-state index in [0.717, 1.165) is 11.8 Å². The van der Waals surface area contributed by atoms with Gasteiger partial charge in [0, 0.05) is 5.56 Å². The first kappa shape index (κ1) is 11.6. The highest BCUT2D eigenvalue weighted by atomic mass is 32.2. The summed E-state index contributed by atoms with van der Waals surface area (Å²) in [6.45, 7) is 1.66. The molecule has 1 saturated heterocycles. The van der Waals surface area contributed by atoms with Gasteiger partial charge in [0.05, 0.1) is 4.91 Å². The molecule has 3 amide bonds. The molecule has 1 aliphatic rings. The predicted octanol–water partition coefficient (Wildman–Crippen LogP) is 2.43. The highest BCUT2D eigenvalue weighted by Gasteiger charge is 2.39. The van der Waals surface area contributed by atoms with E-state index in [2.05, 4.69) is 0 Å². The summed E-state index contributed by atoms with van der Waals surface area (Å²) in [7, 11) is 0. The molecule has 0 unspecified atom stereocenters. The summed E-state index contributed by atoms with van der Waals surface area (Å²) in [5, 5.41) is -0.544. The van der Waals surface area contributed by atoms with Gasteiger partial charge in [-0.15, -0.1) is 0 Å². The minimum Gasteiger partial charge on any atom is -0.268 e. The fraction of sp³-hybridized carbons (Fsp3) is 0.0833. The molecule has 0 spiro atoms. The third kappa shape index (κ3) is 2.01. The number of allylic oxidation sites excluding steroid dienone is 1. The number of carbonyl (C=O) groups excluding carboxylic acids is 3. The van der Waals surface area contributed by atoms with Gasteiger partial charge in [0.2, 0.25) is 0 Å². The largest absolute Gasteiger partial charge is 0.300 e. The summed E-state index contributed by atoms with van der Waals surface area (Å²) < 4.78 is 0. The standard InChI is InChI=1S/C12H9NO3S/c1-2-9-11(15)13(12(16)17-9)10(14)8-6-4-3-5-7-8/h2-7H,1H3. The van der Waals surface area contributed by atoms with Crippen molar-refractivity contribution >= 4 is 28.8 Å². The van der Waals surface area contributed by atoms with Crippen LogP contribution in [0.4, 0.5) is 4.79 Å². The first-order valence-electron chi connectivity index (χ1n) is 4.97. The van der Waals surface area contributed by atoms with E-state index in [-0.39, 0.29) is 0 Å². The highest BCUT2D eigenvalue weighted by Crippen LogP contribution is 2.31. The molecule has 0 bridgehead atoms. The second-order valence-corrected chi connectivity index (χ2v) is 4.33. The fourth-order valence-electron chi connectivity index (χ4n) is 1.44. The number of imide groups is 3. The van der Waals surface area contributed by atoms with Crippen molar-refractivity contribution in [1.29, 1.82) is 0 Å². The number of hydrogen-bond donors (Lipinski definition) is 0. The van der Waals surface area contributed by atoms with Crippen LogP contribution in [-0.4, -0.2) is 22.0 Å². The topological polar surface area (TPSA) is 54.5 Å². The first-order valence-corrected chi connectivity index (χ1v) is 5.78. The van der Waals surface area contributed by atoms with Crippen molar-refractivity contribution in [2.45, 2.75) is 6.92 Å². The van der Waals surface area contributed by atoms with E-state index < -0.39 is 17.1 Å². The van der Waals surface area contributed by atoms with Gasteiger partial charge in [0.25, 0.3) is 11.8 Å². The van der Waals surface area contributed by atoms with Gasteiger partial charge in [-0.2, -0.15) is 0 Å². The van der Waals surface area contributed by atoms with Crippen molar-refractivity contribution in [3.05, 3.63) is 46.9 Å². The first-order chi connectivity index (χ1) is 8.15. The molecule has 17 heavy (non-hydrogen) atoms. The average Bonchev–Trinajstić information content (AvgIpc) is 2.64. The maximum absolute atomic E-state index is 12.0. The van der Waals surface area contributed by atoms with Crippen molar-refractivity contribution in [2.24, 2.45) is 0 Å². The van der Waals surface area contributed by atoms with Crippen LogP contribution in [0.15, 0.2) is 41.3 Å². The molecule has 1 aromatic rings. The van der Waals surface area contributed by atoms with Crippen LogP contribution in [0.5, 0.6) is 0 Å². The van der Waals surface area contributed by atoms with Crippen molar-refractivity contribution in [1.82, 2.24) is 4.90 Å². The maximum Gasteiger partial charge on any atom is 0.300 e. The van der Waals surface area contributed by atoms with E-state index in [1.165, 1.54) is 6.08 Å². The van der Waals surface area contributed by atoms with Gasteiger partial charge in [0.1, 0.15) is 0 Å². The second-order valence-electron chi connectivity index (χ2n) is 3.33. The van der Waals surface area contributed by atoms with Gasteiger partial charge < -0.3 is 0 Å². The summed E-state index contributed by atoms with van der Waals surface area (Å²) in [5.74, 6) is -1.12. The zero-order chi connectivity index (χ0) is 12.4. The minimum absolute atomic E-state index is 0.291. The smallest absolute Gasteiger partial charge is 0.268 e. The summed E-state index contributed by atoms with van der Waals surface area (Å²) in [6, 6.07) is 8.27. The van der Waals surface area contributed by atoms with Crippen LogP contribution in [0.2, 0.25) is 0 Å². The summed E-state index contributed by atoms with van der Waals surface area (Å²) in [5.41, 5.74) is 0.326. The van der Waals surface area contributed by atoms with Crippen LogP contribution in [0.1, 0.15) is 17.3 Å². The lowest BCUT2D eigenvalue weighted by atomic mass is 10.2. The van der Waals surface area contributed by atoms with Crippen molar-refractivity contribution < 1.29 is 14.4 Å². The molecule has 0 aliphatic carbocycles. The number of amides is 3. The number of benzene rings is 1. The van der Waals surface area contributed by atoms with Crippen molar-refractivity contribution in [2.75, 3.05) is 0 Å². The molecule has 5 heteroatoms. The van der Waals surface area contributed by atoms with Gasteiger partial charge >= 0.3 is 5.24 Å². The van der Waals surface area contributed by atoms with Crippen LogP contribution in [0.25, 0.3) is 0 Å². The van der Waals surface area contributed by atoms with Crippen molar-refractivity contribution in [3.8, 4) is 0 Å². The minimum atomic E-state index is -0.579. The van der Waals surface area contributed by atoms with E-state index in [0.29, 0.717) is 15.4 Å². The normalized spacial score (nSPS) is 17.9. The molecule has 0 N–H and O–H groups in total. The third-order valence-corrected chi connectivity index (χ3v) is 3.27. The molecular formula is C12H9NO3S.